The molecule has 1 saturated heterocycles. The first kappa shape index (κ1) is 17.5. The van der Waals surface area contributed by atoms with Crippen molar-refractivity contribution < 1.29 is 18.8 Å². The van der Waals surface area contributed by atoms with Gasteiger partial charge in [-0.15, -0.1) is 0 Å². The standard InChI is InChI=1S/C17H21FN4O3/c1-11-9-13(3-4-14(11)18)16-19-17(25-20-16)12(2)21-5-7-22(8-6-21)15(24)10-23/h3-4,9,12,23H,5-8,10H2,1-2H3. The minimum Gasteiger partial charge on any atom is -0.387 e. The predicted octanol–water partition coefficient (Wildman–Crippen LogP) is 1.38. The number of aromatic nitrogens is 2. The van der Waals surface area contributed by atoms with Crippen molar-refractivity contribution >= 4 is 5.91 Å². The summed E-state index contributed by atoms with van der Waals surface area (Å²) in [5.41, 5.74) is 1.24. The zero-order valence-corrected chi connectivity index (χ0v) is 14.3. The summed E-state index contributed by atoms with van der Waals surface area (Å²) in [5.74, 6) is 0.396. The van der Waals surface area contributed by atoms with Gasteiger partial charge in [0.05, 0.1) is 6.04 Å². The summed E-state index contributed by atoms with van der Waals surface area (Å²) >= 11 is 0. The Balaban J connectivity index is 1.68. The Labute approximate surface area is 145 Å². The zero-order valence-electron chi connectivity index (χ0n) is 14.3. The lowest BCUT2D eigenvalue weighted by molar-refractivity contribution is -0.136. The molecule has 0 aliphatic carbocycles. The fourth-order valence-corrected chi connectivity index (χ4v) is 2.92. The summed E-state index contributed by atoms with van der Waals surface area (Å²) in [7, 11) is 0. The summed E-state index contributed by atoms with van der Waals surface area (Å²) in [4.78, 5) is 19.7. The van der Waals surface area contributed by atoms with Crippen molar-refractivity contribution in [2.24, 2.45) is 0 Å². The van der Waals surface area contributed by atoms with E-state index in [9.17, 15) is 9.18 Å². The number of carbonyl (C=O) groups is 1. The van der Waals surface area contributed by atoms with Crippen molar-refractivity contribution in [3.8, 4) is 11.4 Å². The Morgan fingerprint density at radius 2 is 2.08 bits per heavy atom. The smallest absolute Gasteiger partial charge is 0.248 e. The largest absolute Gasteiger partial charge is 0.387 e. The molecule has 1 amide bonds. The van der Waals surface area contributed by atoms with Crippen molar-refractivity contribution in [1.29, 1.82) is 0 Å². The predicted molar refractivity (Wildman–Crippen MR) is 88.1 cm³/mol. The minimum absolute atomic E-state index is 0.0887. The number of benzene rings is 1. The molecule has 2 heterocycles. The fourth-order valence-electron chi connectivity index (χ4n) is 2.92. The van der Waals surface area contributed by atoms with Crippen LogP contribution in [0.25, 0.3) is 11.4 Å². The van der Waals surface area contributed by atoms with E-state index >= 15 is 0 Å². The maximum atomic E-state index is 13.4. The SMILES string of the molecule is Cc1cc(-c2noc(C(C)N3CCN(C(=O)CO)CC3)n2)ccc1F. The van der Waals surface area contributed by atoms with E-state index in [2.05, 4.69) is 15.0 Å². The van der Waals surface area contributed by atoms with E-state index in [1.165, 1.54) is 6.07 Å². The highest BCUT2D eigenvalue weighted by molar-refractivity contribution is 5.77. The third kappa shape index (κ3) is 3.69. The first-order chi connectivity index (χ1) is 12.0. The van der Waals surface area contributed by atoms with Gasteiger partial charge in [-0.2, -0.15) is 4.98 Å². The van der Waals surface area contributed by atoms with E-state index in [0.29, 0.717) is 49.0 Å². The minimum atomic E-state index is -0.459. The van der Waals surface area contributed by atoms with E-state index in [0.717, 1.165) is 0 Å². The number of rotatable bonds is 4. The van der Waals surface area contributed by atoms with Crippen LogP contribution in [0.2, 0.25) is 0 Å². The molecule has 1 unspecified atom stereocenters. The number of halogens is 1. The van der Waals surface area contributed by atoms with Crippen LogP contribution in [0.3, 0.4) is 0 Å². The van der Waals surface area contributed by atoms with E-state index in [-0.39, 0.29) is 17.8 Å². The average molecular weight is 348 g/mol. The highest BCUT2D eigenvalue weighted by Crippen LogP contribution is 2.24. The third-order valence-corrected chi connectivity index (χ3v) is 4.57. The summed E-state index contributed by atoms with van der Waals surface area (Å²) < 4.78 is 18.8. The Morgan fingerprint density at radius 1 is 1.36 bits per heavy atom. The molecule has 134 valence electrons. The van der Waals surface area contributed by atoms with E-state index in [1.807, 2.05) is 6.92 Å². The second-order valence-electron chi connectivity index (χ2n) is 6.17. The number of hydrogen-bond acceptors (Lipinski definition) is 6. The molecule has 0 radical (unpaired) electrons. The molecule has 1 aliphatic rings. The second kappa shape index (κ2) is 7.28. The van der Waals surface area contributed by atoms with Crippen LogP contribution >= 0.6 is 0 Å². The van der Waals surface area contributed by atoms with Crippen molar-refractivity contribution in [1.82, 2.24) is 19.9 Å². The van der Waals surface area contributed by atoms with Gasteiger partial charge in [-0.25, -0.2) is 4.39 Å². The van der Waals surface area contributed by atoms with Crippen LogP contribution in [0.15, 0.2) is 22.7 Å². The highest BCUT2D eigenvalue weighted by Gasteiger charge is 2.27. The van der Waals surface area contributed by atoms with Gasteiger partial charge in [0.2, 0.25) is 17.6 Å². The Morgan fingerprint density at radius 3 is 2.72 bits per heavy atom. The summed E-state index contributed by atoms with van der Waals surface area (Å²) in [5, 5.41) is 12.9. The topological polar surface area (TPSA) is 82.7 Å². The van der Waals surface area contributed by atoms with Crippen LogP contribution in [0.4, 0.5) is 4.39 Å². The molecule has 8 heteroatoms. The molecule has 1 N–H and O–H groups in total. The molecular weight excluding hydrogens is 327 g/mol. The van der Waals surface area contributed by atoms with Crippen LogP contribution in [0, 0.1) is 12.7 Å². The maximum absolute atomic E-state index is 13.4. The van der Waals surface area contributed by atoms with Gasteiger partial charge < -0.3 is 14.5 Å². The zero-order chi connectivity index (χ0) is 18.0. The van der Waals surface area contributed by atoms with Crippen molar-refractivity contribution in [2.45, 2.75) is 19.9 Å². The first-order valence-corrected chi connectivity index (χ1v) is 8.22. The van der Waals surface area contributed by atoms with Gasteiger partial charge in [-0.05, 0) is 37.6 Å². The molecule has 0 bridgehead atoms. The number of piperazine rings is 1. The molecule has 2 aromatic rings. The second-order valence-corrected chi connectivity index (χ2v) is 6.17. The lowest BCUT2D eigenvalue weighted by Gasteiger charge is -2.36. The summed E-state index contributed by atoms with van der Waals surface area (Å²) in [6.07, 6.45) is 0. The van der Waals surface area contributed by atoms with Crippen LogP contribution in [-0.2, 0) is 4.79 Å². The molecular formula is C17H21FN4O3. The Hall–Kier alpha value is -2.32. The molecule has 1 aromatic heterocycles. The number of aliphatic hydroxyl groups excluding tert-OH is 1. The van der Waals surface area contributed by atoms with Crippen molar-refractivity contribution in [3.05, 3.63) is 35.5 Å². The highest BCUT2D eigenvalue weighted by atomic mass is 19.1. The number of carbonyl (C=O) groups excluding carboxylic acids is 1. The van der Waals surface area contributed by atoms with Gasteiger partial charge in [-0.1, -0.05) is 5.16 Å². The monoisotopic (exact) mass is 348 g/mol. The first-order valence-electron chi connectivity index (χ1n) is 8.22. The number of aryl methyl sites for hydroxylation is 1. The quantitative estimate of drug-likeness (QED) is 0.899. The molecule has 3 rings (SSSR count). The fraction of sp³-hybridized carbons (Fsp3) is 0.471. The van der Waals surface area contributed by atoms with Gasteiger partial charge in [-0.3, -0.25) is 9.69 Å². The van der Waals surface area contributed by atoms with E-state index in [1.54, 1.807) is 24.0 Å². The molecule has 0 spiro atoms. The Bertz CT molecular complexity index is 756. The summed E-state index contributed by atoms with van der Waals surface area (Å²) in [6, 6.07) is 4.62. The Kier molecular flexibility index (Phi) is 5.10. The molecule has 1 aliphatic heterocycles. The molecule has 1 atom stereocenters. The van der Waals surface area contributed by atoms with Crippen LogP contribution in [0.1, 0.15) is 24.4 Å². The molecule has 1 fully saturated rings. The number of hydrogen-bond donors (Lipinski definition) is 1. The van der Waals surface area contributed by atoms with Gasteiger partial charge in [0.15, 0.2) is 0 Å². The van der Waals surface area contributed by atoms with Crippen LogP contribution < -0.4 is 0 Å². The van der Waals surface area contributed by atoms with Crippen molar-refractivity contribution in [3.63, 3.8) is 0 Å². The third-order valence-electron chi connectivity index (χ3n) is 4.57. The van der Waals surface area contributed by atoms with Crippen LogP contribution in [0.5, 0.6) is 0 Å². The molecule has 0 saturated carbocycles. The maximum Gasteiger partial charge on any atom is 0.248 e. The van der Waals surface area contributed by atoms with Gasteiger partial charge >= 0.3 is 0 Å². The van der Waals surface area contributed by atoms with Crippen molar-refractivity contribution in [2.75, 3.05) is 32.8 Å². The van der Waals surface area contributed by atoms with E-state index in [4.69, 9.17) is 9.63 Å². The number of amides is 1. The average Bonchev–Trinajstić information content (AvgIpc) is 3.13. The molecule has 25 heavy (non-hydrogen) atoms. The summed E-state index contributed by atoms with van der Waals surface area (Å²) in [6.45, 7) is 5.65. The molecule has 7 nitrogen and oxygen atoms in total. The van der Waals surface area contributed by atoms with Crippen LogP contribution in [-0.4, -0.2) is 63.7 Å². The molecule has 1 aromatic carbocycles. The number of nitrogens with zero attached hydrogens (tertiary/aromatic N) is 4. The number of aliphatic hydroxyl groups is 1. The lowest BCUT2D eigenvalue weighted by atomic mass is 10.1. The normalized spacial score (nSPS) is 16.9. The van der Waals surface area contributed by atoms with Gasteiger partial charge in [0.25, 0.3) is 0 Å². The van der Waals surface area contributed by atoms with Gasteiger partial charge in [0.1, 0.15) is 12.4 Å². The lowest BCUT2D eigenvalue weighted by Crippen LogP contribution is -2.50. The van der Waals surface area contributed by atoms with E-state index < -0.39 is 6.61 Å². The van der Waals surface area contributed by atoms with Gasteiger partial charge in [0, 0.05) is 31.7 Å².